The van der Waals surface area contributed by atoms with Crippen LogP contribution < -0.4 is 5.32 Å². The molecule has 1 aromatic carbocycles. The van der Waals surface area contributed by atoms with Crippen LogP contribution in [-0.4, -0.2) is 10.8 Å². The minimum Gasteiger partial charge on any atom is -0.345 e. The van der Waals surface area contributed by atoms with Gasteiger partial charge in [-0.1, -0.05) is 11.6 Å². The number of hydrogen-bond donors (Lipinski definition) is 1. The van der Waals surface area contributed by atoms with E-state index in [1.807, 2.05) is 23.8 Å². The molecule has 5 nitrogen and oxygen atoms in total. The molecule has 0 aliphatic rings. The summed E-state index contributed by atoms with van der Waals surface area (Å²) in [5, 5.41) is 17.3. The summed E-state index contributed by atoms with van der Waals surface area (Å²) in [4.78, 5) is 22.1. The molecule has 0 spiro atoms. The van der Waals surface area contributed by atoms with Crippen molar-refractivity contribution >= 4 is 34.5 Å². The molecule has 1 amide bonds. The molecule has 0 saturated heterocycles. The highest BCUT2D eigenvalue weighted by atomic mass is 35.5. The van der Waals surface area contributed by atoms with Gasteiger partial charge in [-0.3, -0.25) is 14.9 Å². The second kappa shape index (κ2) is 6.02. The fourth-order valence-electron chi connectivity index (χ4n) is 1.68. The molecule has 1 aromatic heterocycles. The Morgan fingerprint density at radius 1 is 1.45 bits per heavy atom. The van der Waals surface area contributed by atoms with Gasteiger partial charge >= 0.3 is 0 Å². The lowest BCUT2D eigenvalue weighted by atomic mass is 10.1. The van der Waals surface area contributed by atoms with E-state index in [0.29, 0.717) is 5.56 Å². The van der Waals surface area contributed by atoms with Gasteiger partial charge in [-0.25, -0.2) is 0 Å². The van der Waals surface area contributed by atoms with Crippen molar-refractivity contribution in [3.05, 3.63) is 61.3 Å². The standard InChI is InChI=1S/C13H11ClN2O3S/c1-8(10-4-5-20-7-10)15-13(17)9-2-3-12(16(18)19)11(14)6-9/h2-8H,1H3,(H,15,17). The maximum absolute atomic E-state index is 12.0. The van der Waals surface area contributed by atoms with Gasteiger partial charge in [0.15, 0.2) is 0 Å². The highest BCUT2D eigenvalue weighted by Crippen LogP contribution is 2.25. The summed E-state index contributed by atoms with van der Waals surface area (Å²) >= 11 is 7.34. The molecule has 20 heavy (non-hydrogen) atoms. The SMILES string of the molecule is CC(NC(=O)c1ccc([N+](=O)[O-])c(Cl)c1)c1ccsc1. The largest absolute Gasteiger partial charge is 0.345 e. The first-order valence-corrected chi connectivity index (χ1v) is 7.08. The van der Waals surface area contributed by atoms with Crippen molar-refractivity contribution in [2.45, 2.75) is 13.0 Å². The van der Waals surface area contributed by atoms with Gasteiger partial charge in [0.2, 0.25) is 0 Å². The first-order valence-electron chi connectivity index (χ1n) is 5.76. The summed E-state index contributed by atoms with van der Waals surface area (Å²) in [5.74, 6) is -0.319. The Kier molecular flexibility index (Phi) is 4.36. The van der Waals surface area contributed by atoms with Crippen molar-refractivity contribution in [3.8, 4) is 0 Å². The van der Waals surface area contributed by atoms with E-state index in [0.717, 1.165) is 5.56 Å². The molecule has 1 atom stereocenters. The summed E-state index contributed by atoms with van der Waals surface area (Å²) in [6.07, 6.45) is 0. The number of amides is 1. The van der Waals surface area contributed by atoms with E-state index in [-0.39, 0.29) is 22.7 Å². The van der Waals surface area contributed by atoms with Crippen LogP contribution in [0.5, 0.6) is 0 Å². The van der Waals surface area contributed by atoms with Crippen LogP contribution in [0.4, 0.5) is 5.69 Å². The average molecular weight is 311 g/mol. The first kappa shape index (κ1) is 14.5. The van der Waals surface area contributed by atoms with Gasteiger partial charge in [0.1, 0.15) is 5.02 Å². The predicted molar refractivity (Wildman–Crippen MR) is 78.3 cm³/mol. The Labute approximate surface area is 124 Å². The van der Waals surface area contributed by atoms with E-state index in [1.54, 1.807) is 11.3 Å². The third-order valence-corrected chi connectivity index (χ3v) is 3.80. The van der Waals surface area contributed by atoms with Gasteiger partial charge in [0.05, 0.1) is 11.0 Å². The molecule has 1 N–H and O–H groups in total. The van der Waals surface area contributed by atoms with E-state index in [9.17, 15) is 14.9 Å². The Morgan fingerprint density at radius 3 is 2.75 bits per heavy atom. The fraction of sp³-hybridized carbons (Fsp3) is 0.154. The van der Waals surface area contributed by atoms with Crippen LogP contribution in [0.2, 0.25) is 5.02 Å². The summed E-state index contributed by atoms with van der Waals surface area (Å²) in [5.41, 5.74) is 1.09. The van der Waals surface area contributed by atoms with E-state index in [1.165, 1.54) is 18.2 Å². The second-order valence-electron chi connectivity index (χ2n) is 4.18. The monoisotopic (exact) mass is 310 g/mol. The zero-order valence-electron chi connectivity index (χ0n) is 10.5. The van der Waals surface area contributed by atoms with Gasteiger partial charge < -0.3 is 5.32 Å². The number of thiophene rings is 1. The van der Waals surface area contributed by atoms with Crippen molar-refractivity contribution < 1.29 is 9.72 Å². The lowest BCUT2D eigenvalue weighted by molar-refractivity contribution is -0.384. The van der Waals surface area contributed by atoms with Crippen LogP contribution in [-0.2, 0) is 0 Å². The molecule has 2 rings (SSSR count). The minimum absolute atomic E-state index is 0.0502. The molecule has 7 heteroatoms. The maximum atomic E-state index is 12.0. The molecular formula is C13H11ClN2O3S. The molecule has 0 saturated carbocycles. The zero-order chi connectivity index (χ0) is 14.7. The minimum atomic E-state index is -0.585. The lowest BCUT2D eigenvalue weighted by Gasteiger charge is -2.12. The predicted octanol–water partition coefficient (Wildman–Crippen LogP) is 3.80. The number of nitrogens with zero attached hydrogens (tertiary/aromatic N) is 1. The van der Waals surface area contributed by atoms with Gasteiger partial charge in [-0.2, -0.15) is 11.3 Å². The molecule has 0 radical (unpaired) electrons. The molecule has 1 unspecified atom stereocenters. The zero-order valence-corrected chi connectivity index (χ0v) is 12.1. The van der Waals surface area contributed by atoms with Gasteiger partial charge in [0.25, 0.3) is 11.6 Å². The van der Waals surface area contributed by atoms with E-state index in [4.69, 9.17) is 11.6 Å². The summed E-state index contributed by atoms with van der Waals surface area (Å²) in [6, 6.07) is 5.71. The van der Waals surface area contributed by atoms with Crippen molar-refractivity contribution in [3.63, 3.8) is 0 Å². The number of halogens is 1. The van der Waals surface area contributed by atoms with Crippen molar-refractivity contribution in [1.82, 2.24) is 5.32 Å². The molecule has 1 heterocycles. The molecule has 104 valence electrons. The van der Waals surface area contributed by atoms with Crippen molar-refractivity contribution in [2.24, 2.45) is 0 Å². The summed E-state index contributed by atoms with van der Waals surface area (Å²) in [7, 11) is 0. The lowest BCUT2D eigenvalue weighted by Crippen LogP contribution is -2.26. The van der Waals surface area contributed by atoms with Crippen LogP contribution >= 0.6 is 22.9 Å². The Hall–Kier alpha value is -1.92. The number of hydrogen-bond acceptors (Lipinski definition) is 4. The Balaban J connectivity index is 2.14. The number of benzene rings is 1. The van der Waals surface area contributed by atoms with Crippen LogP contribution in [0.3, 0.4) is 0 Å². The highest BCUT2D eigenvalue weighted by Gasteiger charge is 2.17. The van der Waals surface area contributed by atoms with Crippen molar-refractivity contribution in [2.75, 3.05) is 0 Å². The van der Waals surface area contributed by atoms with Crippen LogP contribution in [0, 0.1) is 10.1 Å². The summed E-state index contributed by atoms with van der Waals surface area (Å²) in [6.45, 7) is 1.87. The van der Waals surface area contributed by atoms with Crippen LogP contribution in [0.15, 0.2) is 35.0 Å². The Morgan fingerprint density at radius 2 is 2.20 bits per heavy atom. The first-order chi connectivity index (χ1) is 9.49. The normalized spacial score (nSPS) is 11.9. The van der Waals surface area contributed by atoms with Gasteiger partial charge in [-0.15, -0.1) is 0 Å². The quantitative estimate of drug-likeness (QED) is 0.689. The average Bonchev–Trinajstić information content (AvgIpc) is 2.91. The van der Waals surface area contributed by atoms with Crippen LogP contribution in [0.1, 0.15) is 28.9 Å². The third kappa shape index (κ3) is 3.15. The van der Waals surface area contributed by atoms with Crippen molar-refractivity contribution in [1.29, 1.82) is 0 Å². The molecule has 2 aromatic rings. The number of carbonyl (C=O) groups excluding carboxylic acids is 1. The number of nitrogens with one attached hydrogen (secondary N) is 1. The summed E-state index contributed by atoms with van der Waals surface area (Å²) < 4.78 is 0. The van der Waals surface area contributed by atoms with Crippen LogP contribution in [0.25, 0.3) is 0 Å². The van der Waals surface area contributed by atoms with E-state index >= 15 is 0 Å². The second-order valence-corrected chi connectivity index (χ2v) is 5.36. The smallest absolute Gasteiger partial charge is 0.287 e. The molecule has 0 bridgehead atoms. The fourth-order valence-corrected chi connectivity index (χ4v) is 2.68. The molecule has 0 aliphatic carbocycles. The van der Waals surface area contributed by atoms with E-state index < -0.39 is 4.92 Å². The molecule has 0 fully saturated rings. The van der Waals surface area contributed by atoms with Gasteiger partial charge in [-0.05, 0) is 41.4 Å². The number of nitro benzene ring substituents is 1. The Bertz CT molecular complexity index is 643. The highest BCUT2D eigenvalue weighted by molar-refractivity contribution is 7.07. The number of nitro groups is 1. The van der Waals surface area contributed by atoms with Gasteiger partial charge in [0, 0.05) is 11.6 Å². The number of rotatable bonds is 4. The molecular weight excluding hydrogens is 300 g/mol. The number of carbonyl (C=O) groups is 1. The topological polar surface area (TPSA) is 72.2 Å². The molecule has 0 aliphatic heterocycles. The third-order valence-electron chi connectivity index (χ3n) is 2.80. The maximum Gasteiger partial charge on any atom is 0.287 e. The van der Waals surface area contributed by atoms with E-state index in [2.05, 4.69) is 5.32 Å².